The number of carbonyl (C=O) groups is 1. The van der Waals surface area contributed by atoms with Crippen molar-refractivity contribution in [3.8, 4) is 0 Å². The van der Waals surface area contributed by atoms with Crippen molar-refractivity contribution in [3.05, 3.63) is 64.4 Å². The Bertz CT molecular complexity index is 657. The number of hydrogen-bond acceptors (Lipinski definition) is 3. The molecule has 1 aromatic heterocycles. The average molecular weight is 302 g/mol. The van der Waals surface area contributed by atoms with Crippen molar-refractivity contribution in [2.24, 2.45) is 5.73 Å². The van der Waals surface area contributed by atoms with Crippen LogP contribution in [0.25, 0.3) is 0 Å². The van der Waals surface area contributed by atoms with Crippen molar-refractivity contribution in [2.45, 2.75) is 19.0 Å². The molecular formula is C16H16ClN3O. The minimum absolute atomic E-state index is 0.316. The van der Waals surface area contributed by atoms with Gasteiger partial charge in [0.1, 0.15) is 11.2 Å². The van der Waals surface area contributed by atoms with Crippen LogP contribution in [0.3, 0.4) is 0 Å². The van der Waals surface area contributed by atoms with Crippen LogP contribution in [0.4, 0.5) is 0 Å². The summed E-state index contributed by atoms with van der Waals surface area (Å²) in [6, 6.07) is 11.3. The van der Waals surface area contributed by atoms with E-state index in [0.717, 1.165) is 24.1 Å². The summed E-state index contributed by atoms with van der Waals surface area (Å²) in [6.45, 7) is 1.43. The molecule has 5 heteroatoms. The highest BCUT2D eigenvalue weighted by molar-refractivity contribution is 6.29. The minimum Gasteiger partial charge on any atom is -0.368 e. The van der Waals surface area contributed by atoms with Crippen LogP contribution in [-0.2, 0) is 17.8 Å². The lowest BCUT2D eigenvalue weighted by molar-refractivity contribution is -0.124. The van der Waals surface area contributed by atoms with Crippen molar-refractivity contribution in [1.29, 1.82) is 0 Å². The zero-order valence-electron chi connectivity index (χ0n) is 11.5. The number of amides is 1. The second-order valence-electron chi connectivity index (χ2n) is 5.21. The lowest BCUT2D eigenvalue weighted by Gasteiger charge is -2.35. The number of aromatic nitrogens is 1. The van der Waals surface area contributed by atoms with E-state index >= 15 is 0 Å². The molecule has 108 valence electrons. The number of fused-ring (bicyclic) bond motifs is 1. The number of benzene rings is 1. The van der Waals surface area contributed by atoms with Crippen LogP contribution in [0, 0.1) is 0 Å². The molecule has 3 rings (SSSR count). The fourth-order valence-electron chi connectivity index (χ4n) is 2.86. The van der Waals surface area contributed by atoms with E-state index in [-0.39, 0.29) is 11.9 Å². The lowest BCUT2D eigenvalue weighted by Crippen LogP contribution is -2.42. The summed E-state index contributed by atoms with van der Waals surface area (Å²) in [4.78, 5) is 18.1. The molecule has 0 spiro atoms. The number of nitrogens with zero attached hydrogens (tertiary/aromatic N) is 2. The van der Waals surface area contributed by atoms with Gasteiger partial charge >= 0.3 is 0 Å². The molecule has 0 saturated heterocycles. The SMILES string of the molecule is NC(=O)C1c2ccccc2CCN1Cc1ccc(Cl)nc1. The third-order valence-electron chi connectivity index (χ3n) is 3.83. The minimum atomic E-state index is -0.384. The maximum absolute atomic E-state index is 11.9. The van der Waals surface area contributed by atoms with Crippen molar-refractivity contribution in [1.82, 2.24) is 9.88 Å². The van der Waals surface area contributed by atoms with Gasteiger partial charge in [0, 0.05) is 19.3 Å². The Hall–Kier alpha value is -1.91. The Labute approximate surface area is 128 Å². The number of rotatable bonds is 3. The second-order valence-corrected chi connectivity index (χ2v) is 5.60. The van der Waals surface area contributed by atoms with Crippen LogP contribution >= 0.6 is 11.6 Å². The van der Waals surface area contributed by atoms with Crippen molar-refractivity contribution >= 4 is 17.5 Å². The number of carbonyl (C=O) groups excluding carboxylic acids is 1. The van der Waals surface area contributed by atoms with Crippen LogP contribution < -0.4 is 5.73 Å². The molecule has 21 heavy (non-hydrogen) atoms. The standard InChI is InChI=1S/C16H16ClN3O/c17-14-6-5-11(9-19-14)10-20-8-7-12-3-1-2-4-13(12)15(20)16(18)21/h1-6,9,15H,7-8,10H2,(H2,18,21). The van der Waals surface area contributed by atoms with Gasteiger partial charge in [0.05, 0.1) is 0 Å². The molecule has 0 saturated carbocycles. The third-order valence-corrected chi connectivity index (χ3v) is 4.05. The van der Waals surface area contributed by atoms with Gasteiger partial charge < -0.3 is 5.73 Å². The van der Waals surface area contributed by atoms with E-state index in [1.165, 1.54) is 5.56 Å². The van der Waals surface area contributed by atoms with Gasteiger partial charge in [0.15, 0.2) is 0 Å². The monoisotopic (exact) mass is 301 g/mol. The fourth-order valence-corrected chi connectivity index (χ4v) is 2.97. The zero-order chi connectivity index (χ0) is 14.8. The number of pyridine rings is 1. The Morgan fingerprint density at radius 3 is 2.86 bits per heavy atom. The quantitative estimate of drug-likeness (QED) is 0.885. The number of nitrogens with two attached hydrogens (primary N) is 1. The molecule has 2 heterocycles. The molecule has 1 atom stereocenters. The average Bonchev–Trinajstić information content (AvgIpc) is 2.49. The van der Waals surface area contributed by atoms with E-state index in [2.05, 4.69) is 16.0 Å². The van der Waals surface area contributed by atoms with Gasteiger partial charge in [0.2, 0.25) is 5.91 Å². The van der Waals surface area contributed by atoms with Crippen molar-refractivity contribution < 1.29 is 4.79 Å². The first kappa shape index (κ1) is 14.0. The molecule has 1 aromatic carbocycles. The van der Waals surface area contributed by atoms with Gasteiger partial charge in [0.25, 0.3) is 0 Å². The van der Waals surface area contributed by atoms with Gasteiger partial charge in [-0.3, -0.25) is 9.69 Å². The normalized spacial score (nSPS) is 18.2. The van der Waals surface area contributed by atoms with Gasteiger partial charge in [-0.1, -0.05) is 41.9 Å². The van der Waals surface area contributed by atoms with Crippen molar-refractivity contribution in [3.63, 3.8) is 0 Å². The van der Waals surface area contributed by atoms with Gasteiger partial charge in [-0.05, 0) is 29.2 Å². The predicted molar refractivity (Wildman–Crippen MR) is 81.7 cm³/mol. The van der Waals surface area contributed by atoms with E-state index in [0.29, 0.717) is 11.7 Å². The van der Waals surface area contributed by atoms with Crippen LogP contribution in [0.2, 0.25) is 5.15 Å². The molecule has 1 amide bonds. The summed E-state index contributed by atoms with van der Waals surface area (Å²) in [5, 5.41) is 0.467. The molecular weight excluding hydrogens is 286 g/mol. The van der Waals surface area contributed by atoms with E-state index in [9.17, 15) is 4.79 Å². The van der Waals surface area contributed by atoms with Gasteiger partial charge in [-0.2, -0.15) is 0 Å². The predicted octanol–water partition coefficient (Wildman–Crippen LogP) is 2.32. The van der Waals surface area contributed by atoms with Crippen LogP contribution in [0.1, 0.15) is 22.7 Å². The molecule has 2 aromatic rings. The van der Waals surface area contributed by atoms with Crippen molar-refractivity contribution in [2.75, 3.05) is 6.54 Å². The van der Waals surface area contributed by atoms with E-state index in [1.807, 2.05) is 24.3 Å². The first-order chi connectivity index (χ1) is 10.1. The number of hydrogen-bond donors (Lipinski definition) is 1. The highest BCUT2D eigenvalue weighted by atomic mass is 35.5. The molecule has 1 unspecified atom stereocenters. The Morgan fingerprint density at radius 2 is 2.14 bits per heavy atom. The maximum Gasteiger partial charge on any atom is 0.239 e. The number of primary amides is 1. The number of halogens is 1. The van der Waals surface area contributed by atoms with Gasteiger partial charge in [-0.25, -0.2) is 4.98 Å². The second kappa shape index (κ2) is 5.84. The molecule has 0 aliphatic carbocycles. The smallest absolute Gasteiger partial charge is 0.239 e. The third kappa shape index (κ3) is 2.91. The van der Waals surface area contributed by atoms with Crippen LogP contribution in [-0.4, -0.2) is 22.3 Å². The fraction of sp³-hybridized carbons (Fsp3) is 0.250. The van der Waals surface area contributed by atoms with Crippen LogP contribution in [0.5, 0.6) is 0 Å². The molecule has 4 nitrogen and oxygen atoms in total. The summed E-state index contributed by atoms with van der Waals surface area (Å²) in [7, 11) is 0. The van der Waals surface area contributed by atoms with E-state index < -0.39 is 0 Å². The summed E-state index contributed by atoms with van der Waals surface area (Å²) in [5.74, 6) is -0.316. The zero-order valence-corrected chi connectivity index (χ0v) is 12.3. The lowest BCUT2D eigenvalue weighted by atomic mass is 9.92. The van der Waals surface area contributed by atoms with E-state index in [1.54, 1.807) is 12.3 Å². The Morgan fingerprint density at radius 1 is 1.33 bits per heavy atom. The maximum atomic E-state index is 11.9. The summed E-state index contributed by atoms with van der Waals surface area (Å²) in [5.41, 5.74) is 8.86. The first-order valence-corrected chi connectivity index (χ1v) is 7.24. The highest BCUT2D eigenvalue weighted by Gasteiger charge is 2.31. The highest BCUT2D eigenvalue weighted by Crippen LogP contribution is 2.30. The molecule has 1 aliphatic heterocycles. The Balaban J connectivity index is 1.88. The Kier molecular flexibility index (Phi) is 3.90. The topological polar surface area (TPSA) is 59.2 Å². The summed E-state index contributed by atoms with van der Waals surface area (Å²) >= 11 is 5.80. The molecule has 0 radical (unpaired) electrons. The molecule has 0 bridgehead atoms. The summed E-state index contributed by atoms with van der Waals surface area (Å²) in [6.07, 6.45) is 2.65. The largest absolute Gasteiger partial charge is 0.368 e. The van der Waals surface area contributed by atoms with Crippen LogP contribution in [0.15, 0.2) is 42.6 Å². The first-order valence-electron chi connectivity index (χ1n) is 6.87. The molecule has 2 N–H and O–H groups in total. The summed E-state index contributed by atoms with van der Waals surface area (Å²) < 4.78 is 0. The van der Waals surface area contributed by atoms with Gasteiger partial charge in [-0.15, -0.1) is 0 Å². The van der Waals surface area contributed by atoms with E-state index in [4.69, 9.17) is 17.3 Å². The molecule has 1 aliphatic rings. The molecule has 0 fully saturated rings.